The standard InChI is InChI=1S/C11H15NO2S/c1-12(10(8-15)11(13)14)7-9-5-3-2-4-6-9/h2-6,10,15H,7-8H2,1H3,(H,13,14)/t10-/m1/s1. The Morgan fingerprint density at radius 3 is 2.53 bits per heavy atom. The van der Waals surface area contributed by atoms with Gasteiger partial charge in [0, 0.05) is 12.3 Å². The summed E-state index contributed by atoms with van der Waals surface area (Å²) in [6, 6.07) is 9.26. The van der Waals surface area contributed by atoms with Crippen molar-refractivity contribution in [3.05, 3.63) is 35.9 Å². The van der Waals surface area contributed by atoms with Crippen LogP contribution in [-0.2, 0) is 11.3 Å². The molecule has 4 heteroatoms. The average Bonchev–Trinajstić information content (AvgIpc) is 2.19. The van der Waals surface area contributed by atoms with Crippen LogP contribution >= 0.6 is 12.6 Å². The molecule has 0 aliphatic heterocycles. The number of benzene rings is 1. The van der Waals surface area contributed by atoms with E-state index in [-0.39, 0.29) is 0 Å². The van der Waals surface area contributed by atoms with Gasteiger partial charge in [-0.05, 0) is 12.6 Å². The van der Waals surface area contributed by atoms with Gasteiger partial charge in [-0.1, -0.05) is 30.3 Å². The topological polar surface area (TPSA) is 40.5 Å². The maximum atomic E-state index is 10.9. The van der Waals surface area contributed by atoms with Gasteiger partial charge >= 0.3 is 5.97 Å². The summed E-state index contributed by atoms with van der Waals surface area (Å²) in [6.45, 7) is 0.623. The second kappa shape index (κ2) is 5.78. The first-order chi connectivity index (χ1) is 7.15. The van der Waals surface area contributed by atoms with Crippen LogP contribution in [0, 0.1) is 0 Å². The Bertz CT molecular complexity index is 316. The summed E-state index contributed by atoms with van der Waals surface area (Å²) in [5.74, 6) is -0.512. The van der Waals surface area contributed by atoms with Crippen molar-refractivity contribution >= 4 is 18.6 Å². The molecule has 0 amide bonds. The third-order valence-corrected chi connectivity index (χ3v) is 2.61. The zero-order valence-corrected chi connectivity index (χ0v) is 9.52. The van der Waals surface area contributed by atoms with Crippen molar-refractivity contribution < 1.29 is 9.90 Å². The molecule has 0 fully saturated rings. The molecule has 1 rings (SSSR count). The molecule has 1 N–H and O–H groups in total. The van der Waals surface area contributed by atoms with Crippen molar-refractivity contribution in [2.45, 2.75) is 12.6 Å². The predicted octanol–water partition coefficient (Wildman–Crippen LogP) is 1.50. The highest BCUT2D eigenvalue weighted by Gasteiger charge is 2.20. The van der Waals surface area contributed by atoms with Gasteiger partial charge in [0.05, 0.1) is 0 Å². The van der Waals surface area contributed by atoms with Crippen LogP contribution in [0.25, 0.3) is 0 Å². The quantitative estimate of drug-likeness (QED) is 0.746. The number of carboxylic acid groups (broad SMARTS) is 1. The van der Waals surface area contributed by atoms with Crippen molar-refractivity contribution in [2.24, 2.45) is 0 Å². The first-order valence-electron chi connectivity index (χ1n) is 4.73. The monoisotopic (exact) mass is 225 g/mol. The van der Waals surface area contributed by atoms with Crippen LogP contribution in [0.5, 0.6) is 0 Å². The predicted molar refractivity (Wildman–Crippen MR) is 63.2 cm³/mol. The molecular formula is C11H15NO2S. The second-order valence-electron chi connectivity index (χ2n) is 3.44. The maximum Gasteiger partial charge on any atom is 0.321 e. The van der Waals surface area contributed by atoms with Crippen LogP contribution in [0.15, 0.2) is 30.3 Å². The van der Waals surface area contributed by atoms with Gasteiger partial charge in [-0.3, -0.25) is 9.69 Å². The zero-order chi connectivity index (χ0) is 11.3. The molecule has 0 heterocycles. The number of thiol groups is 1. The zero-order valence-electron chi connectivity index (χ0n) is 8.63. The van der Waals surface area contributed by atoms with Crippen LogP contribution in [-0.4, -0.2) is 34.8 Å². The van der Waals surface area contributed by atoms with Crippen LogP contribution < -0.4 is 0 Å². The molecule has 0 spiro atoms. The molecule has 0 aromatic heterocycles. The molecule has 0 radical (unpaired) electrons. The minimum absolute atomic E-state index is 0.318. The van der Waals surface area contributed by atoms with E-state index in [4.69, 9.17) is 5.11 Å². The van der Waals surface area contributed by atoms with E-state index in [9.17, 15) is 4.79 Å². The van der Waals surface area contributed by atoms with Crippen molar-refractivity contribution in [3.63, 3.8) is 0 Å². The van der Waals surface area contributed by atoms with Crippen molar-refractivity contribution in [2.75, 3.05) is 12.8 Å². The molecular weight excluding hydrogens is 210 g/mol. The largest absolute Gasteiger partial charge is 0.480 e. The fraction of sp³-hybridized carbons (Fsp3) is 0.364. The van der Waals surface area contributed by atoms with Gasteiger partial charge in [0.2, 0.25) is 0 Å². The van der Waals surface area contributed by atoms with E-state index in [1.807, 2.05) is 30.3 Å². The van der Waals surface area contributed by atoms with Gasteiger partial charge in [0.25, 0.3) is 0 Å². The normalized spacial score (nSPS) is 12.7. The highest BCUT2D eigenvalue weighted by molar-refractivity contribution is 7.80. The third-order valence-electron chi connectivity index (χ3n) is 2.26. The van der Waals surface area contributed by atoms with Gasteiger partial charge < -0.3 is 5.11 Å². The van der Waals surface area contributed by atoms with E-state index in [2.05, 4.69) is 12.6 Å². The Labute approximate surface area is 95.1 Å². The summed E-state index contributed by atoms with van der Waals surface area (Å²) in [4.78, 5) is 12.7. The second-order valence-corrected chi connectivity index (χ2v) is 3.80. The molecule has 0 aliphatic rings. The summed E-state index contributed by atoms with van der Waals surface area (Å²) < 4.78 is 0. The fourth-order valence-corrected chi connectivity index (χ4v) is 1.82. The fourth-order valence-electron chi connectivity index (χ4n) is 1.39. The van der Waals surface area contributed by atoms with Crippen molar-refractivity contribution in [3.8, 4) is 0 Å². The molecule has 1 atom stereocenters. The van der Waals surface area contributed by atoms with Gasteiger partial charge in [0.1, 0.15) is 6.04 Å². The third kappa shape index (κ3) is 3.57. The molecule has 82 valence electrons. The first kappa shape index (κ1) is 12.1. The highest BCUT2D eigenvalue weighted by Crippen LogP contribution is 2.07. The number of hydrogen-bond acceptors (Lipinski definition) is 3. The van der Waals surface area contributed by atoms with Gasteiger partial charge in [-0.25, -0.2) is 0 Å². The van der Waals surface area contributed by atoms with E-state index in [1.165, 1.54) is 0 Å². The molecule has 3 nitrogen and oxygen atoms in total. The van der Waals surface area contributed by atoms with Crippen LogP contribution in [0.4, 0.5) is 0 Å². The number of hydrogen-bond donors (Lipinski definition) is 2. The van der Waals surface area contributed by atoms with Crippen LogP contribution in [0.3, 0.4) is 0 Å². The minimum Gasteiger partial charge on any atom is -0.480 e. The molecule has 1 aromatic carbocycles. The Balaban J connectivity index is 2.62. The van der Waals surface area contributed by atoms with E-state index >= 15 is 0 Å². The summed E-state index contributed by atoms with van der Waals surface area (Å²) in [7, 11) is 1.79. The highest BCUT2D eigenvalue weighted by atomic mass is 32.1. The number of rotatable bonds is 5. The molecule has 0 saturated heterocycles. The van der Waals surface area contributed by atoms with E-state index in [1.54, 1.807) is 11.9 Å². The maximum absolute atomic E-state index is 10.9. The molecule has 1 aromatic rings. The van der Waals surface area contributed by atoms with Gasteiger partial charge in [-0.2, -0.15) is 12.6 Å². The SMILES string of the molecule is CN(Cc1ccccc1)[C@H](CS)C(=O)O. The Morgan fingerprint density at radius 1 is 1.47 bits per heavy atom. The number of carbonyl (C=O) groups is 1. The molecule has 0 bridgehead atoms. The lowest BCUT2D eigenvalue weighted by Crippen LogP contribution is -2.39. The first-order valence-corrected chi connectivity index (χ1v) is 5.36. The van der Waals surface area contributed by atoms with Crippen molar-refractivity contribution in [1.29, 1.82) is 0 Å². The summed E-state index contributed by atoms with van der Waals surface area (Å²) in [5.41, 5.74) is 1.10. The van der Waals surface area contributed by atoms with E-state index < -0.39 is 12.0 Å². The Morgan fingerprint density at radius 2 is 2.07 bits per heavy atom. The number of aliphatic carboxylic acids is 1. The van der Waals surface area contributed by atoms with E-state index in [0.29, 0.717) is 12.3 Å². The molecule has 0 aliphatic carbocycles. The smallest absolute Gasteiger partial charge is 0.321 e. The number of nitrogens with zero attached hydrogens (tertiary/aromatic N) is 1. The molecule has 15 heavy (non-hydrogen) atoms. The average molecular weight is 225 g/mol. The Hall–Kier alpha value is -1.00. The Kier molecular flexibility index (Phi) is 4.65. The summed E-state index contributed by atoms with van der Waals surface area (Å²) >= 11 is 4.04. The summed E-state index contributed by atoms with van der Waals surface area (Å²) in [6.07, 6.45) is 0. The minimum atomic E-state index is -0.830. The van der Waals surface area contributed by atoms with Crippen LogP contribution in [0.2, 0.25) is 0 Å². The number of likely N-dealkylation sites (N-methyl/N-ethyl adjacent to an activating group) is 1. The van der Waals surface area contributed by atoms with E-state index in [0.717, 1.165) is 5.56 Å². The number of carboxylic acids is 1. The lowest BCUT2D eigenvalue weighted by molar-refractivity contribution is -0.142. The van der Waals surface area contributed by atoms with Crippen molar-refractivity contribution in [1.82, 2.24) is 4.90 Å². The summed E-state index contributed by atoms with van der Waals surface area (Å²) in [5, 5.41) is 8.93. The lowest BCUT2D eigenvalue weighted by Gasteiger charge is -2.22. The van der Waals surface area contributed by atoms with Gasteiger partial charge in [0.15, 0.2) is 0 Å². The van der Waals surface area contributed by atoms with Crippen LogP contribution in [0.1, 0.15) is 5.56 Å². The van der Waals surface area contributed by atoms with Gasteiger partial charge in [-0.15, -0.1) is 0 Å². The lowest BCUT2D eigenvalue weighted by atomic mass is 10.2. The molecule has 0 unspecified atom stereocenters. The molecule has 0 saturated carbocycles.